The molecule has 0 saturated carbocycles. The monoisotopic (exact) mass is 535 g/mol. The zero-order valence-corrected chi connectivity index (χ0v) is 20.0. The Kier molecular flexibility index (Phi) is 10.9. The number of carboxylic acid groups (broad SMARTS) is 2. The van der Waals surface area contributed by atoms with E-state index in [4.69, 9.17) is 19.8 Å². The Bertz CT molecular complexity index is 850. The molecule has 3 rings (SSSR count). The fraction of sp³-hybridized carbons (Fsp3) is 0.700. The molecule has 1 aromatic heterocycles. The fourth-order valence-electron chi connectivity index (χ4n) is 3.57. The molecule has 0 spiro atoms. The highest BCUT2D eigenvalue weighted by Crippen LogP contribution is 2.34. The van der Waals surface area contributed by atoms with Crippen molar-refractivity contribution in [3.05, 3.63) is 16.1 Å². The number of carbonyl (C=O) groups excluding carboxylic acids is 1. The summed E-state index contributed by atoms with van der Waals surface area (Å²) in [5.41, 5.74) is 1.05. The summed E-state index contributed by atoms with van der Waals surface area (Å²) in [5, 5.41) is 17.4. The lowest BCUT2D eigenvalue weighted by Gasteiger charge is -2.25. The molecule has 2 fully saturated rings. The van der Waals surface area contributed by atoms with Crippen LogP contribution >= 0.6 is 11.3 Å². The maximum atomic E-state index is 12.4. The summed E-state index contributed by atoms with van der Waals surface area (Å²) in [7, 11) is 0. The number of carbonyl (C=O) groups is 3. The average molecular weight is 536 g/mol. The van der Waals surface area contributed by atoms with Crippen LogP contribution in [-0.2, 0) is 20.9 Å². The van der Waals surface area contributed by atoms with E-state index in [1.165, 1.54) is 6.42 Å². The van der Waals surface area contributed by atoms with E-state index in [2.05, 4.69) is 34.0 Å². The Morgan fingerprint density at radius 1 is 1.11 bits per heavy atom. The van der Waals surface area contributed by atoms with Crippen molar-refractivity contribution in [2.75, 3.05) is 13.1 Å². The SMILES string of the molecule is Cc1nc(CN2C(=O)C[C@H]3[C@@H]2CCN3CCC(C)C)cs1.O=C(O)C(F)(F)F.O=C(O)C(F)(F)F. The van der Waals surface area contributed by atoms with Gasteiger partial charge in [-0.1, -0.05) is 13.8 Å². The van der Waals surface area contributed by atoms with E-state index in [0.29, 0.717) is 31.0 Å². The predicted octanol–water partition coefficient (Wildman–Crippen LogP) is 3.94. The number of halogens is 6. The predicted molar refractivity (Wildman–Crippen MR) is 113 cm³/mol. The first kappa shape index (κ1) is 30.6. The van der Waals surface area contributed by atoms with E-state index in [9.17, 15) is 31.1 Å². The molecule has 200 valence electrons. The summed E-state index contributed by atoms with van der Waals surface area (Å²) >= 11 is 1.67. The van der Waals surface area contributed by atoms with Gasteiger partial charge in [-0.25, -0.2) is 14.6 Å². The van der Waals surface area contributed by atoms with E-state index in [-0.39, 0.29) is 0 Å². The summed E-state index contributed by atoms with van der Waals surface area (Å²) in [5.74, 6) is -4.47. The van der Waals surface area contributed by atoms with Gasteiger partial charge >= 0.3 is 24.3 Å². The summed E-state index contributed by atoms with van der Waals surface area (Å²) < 4.78 is 63.5. The Hall–Kier alpha value is -2.42. The van der Waals surface area contributed by atoms with Gasteiger partial charge in [-0.2, -0.15) is 26.3 Å². The van der Waals surface area contributed by atoms with Crippen LogP contribution in [0, 0.1) is 12.8 Å². The third-order valence-corrected chi connectivity index (χ3v) is 6.03. The first-order valence-corrected chi connectivity index (χ1v) is 11.4. The molecular formula is C20H27F6N3O5S. The molecule has 8 nitrogen and oxygen atoms in total. The van der Waals surface area contributed by atoms with Gasteiger partial charge in [0.1, 0.15) is 0 Å². The highest BCUT2D eigenvalue weighted by molar-refractivity contribution is 7.09. The van der Waals surface area contributed by atoms with Crippen molar-refractivity contribution in [3.8, 4) is 0 Å². The number of rotatable bonds is 5. The Morgan fingerprint density at radius 2 is 1.63 bits per heavy atom. The smallest absolute Gasteiger partial charge is 0.475 e. The van der Waals surface area contributed by atoms with Gasteiger partial charge in [-0.3, -0.25) is 9.69 Å². The van der Waals surface area contributed by atoms with Gasteiger partial charge < -0.3 is 15.1 Å². The number of aliphatic carboxylic acids is 2. The summed E-state index contributed by atoms with van der Waals surface area (Å²) in [6, 6.07) is 0.850. The average Bonchev–Trinajstić information content (AvgIpc) is 3.37. The van der Waals surface area contributed by atoms with E-state index >= 15 is 0 Å². The lowest BCUT2D eigenvalue weighted by atomic mass is 10.1. The van der Waals surface area contributed by atoms with Crippen LogP contribution in [0.4, 0.5) is 26.3 Å². The molecule has 1 aromatic rings. The molecule has 0 unspecified atom stereocenters. The van der Waals surface area contributed by atoms with E-state index < -0.39 is 24.3 Å². The van der Waals surface area contributed by atoms with Gasteiger partial charge in [-0.05, 0) is 32.2 Å². The van der Waals surface area contributed by atoms with Crippen LogP contribution in [0.15, 0.2) is 5.38 Å². The molecule has 35 heavy (non-hydrogen) atoms. The maximum absolute atomic E-state index is 12.4. The lowest BCUT2D eigenvalue weighted by Crippen LogP contribution is -2.37. The van der Waals surface area contributed by atoms with Crippen LogP contribution in [0.3, 0.4) is 0 Å². The largest absolute Gasteiger partial charge is 0.490 e. The number of hydrogen-bond acceptors (Lipinski definition) is 6. The topological polar surface area (TPSA) is 111 Å². The molecule has 0 aromatic carbocycles. The summed E-state index contributed by atoms with van der Waals surface area (Å²) in [6.45, 7) is 9.53. The number of alkyl halides is 6. The number of nitrogens with zero attached hydrogens (tertiary/aromatic N) is 3. The van der Waals surface area contributed by atoms with Crippen molar-refractivity contribution in [2.24, 2.45) is 5.92 Å². The molecule has 2 saturated heterocycles. The zero-order valence-electron chi connectivity index (χ0n) is 19.2. The van der Waals surface area contributed by atoms with Gasteiger partial charge in [0, 0.05) is 30.4 Å². The van der Waals surface area contributed by atoms with Crippen molar-refractivity contribution >= 4 is 29.2 Å². The van der Waals surface area contributed by atoms with Gasteiger partial charge in [0.2, 0.25) is 5.91 Å². The second-order valence-corrected chi connectivity index (χ2v) is 9.39. The molecule has 2 N–H and O–H groups in total. The van der Waals surface area contributed by atoms with E-state index in [1.54, 1.807) is 11.3 Å². The highest BCUT2D eigenvalue weighted by atomic mass is 32.1. The number of carboxylic acids is 2. The van der Waals surface area contributed by atoms with Crippen molar-refractivity contribution < 1.29 is 50.9 Å². The highest BCUT2D eigenvalue weighted by Gasteiger charge is 2.46. The molecule has 2 aliphatic heterocycles. The van der Waals surface area contributed by atoms with Crippen LogP contribution < -0.4 is 0 Å². The first-order chi connectivity index (χ1) is 15.9. The minimum Gasteiger partial charge on any atom is -0.475 e. The lowest BCUT2D eigenvalue weighted by molar-refractivity contribution is -0.193. The van der Waals surface area contributed by atoms with E-state index in [0.717, 1.165) is 36.1 Å². The van der Waals surface area contributed by atoms with Crippen LogP contribution in [0.5, 0.6) is 0 Å². The van der Waals surface area contributed by atoms with Gasteiger partial charge in [0.25, 0.3) is 0 Å². The summed E-state index contributed by atoms with van der Waals surface area (Å²) in [4.78, 5) is 39.3. The molecule has 2 aliphatic rings. The Morgan fingerprint density at radius 3 is 2.03 bits per heavy atom. The van der Waals surface area contributed by atoms with Gasteiger partial charge in [0.15, 0.2) is 0 Å². The standard InChI is InChI=1S/C16H25N3OS.2C2HF3O2/c1-11(2)4-6-18-7-5-14-15(18)8-16(20)19(14)9-13-10-21-12(3)17-13;2*3-2(4,5)1(6)7/h10-11,14-15H,4-9H2,1-3H3;2*(H,6,7)/t14-,15-;;/m0../s1. The molecule has 3 heterocycles. The van der Waals surface area contributed by atoms with Crippen molar-refractivity contribution in [1.82, 2.24) is 14.8 Å². The molecule has 15 heteroatoms. The first-order valence-electron chi connectivity index (χ1n) is 10.5. The number of aryl methyl sites for hydroxylation is 1. The second kappa shape index (κ2) is 12.5. The zero-order chi connectivity index (χ0) is 27.1. The van der Waals surface area contributed by atoms with Crippen LogP contribution in [0.1, 0.15) is 43.8 Å². The molecule has 0 radical (unpaired) electrons. The number of amides is 1. The minimum absolute atomic E-state index is 0.310. The minimum atomic E-state index is -5.08. The van der Waals surface area contributed by atoms with Crippen molar-refractivity contribution in [3.63, 3.8) is 0 Å². The molecule has 1 amide bonds. The molecule has 0 bridgehead atoms. The fourth-order valence-corrected chi connectivity index (χ4v) is 4.18. The Labute approximate surface area is 201 Å². The number of likely N-dealkylation sites (tertiary alicyclic amines) is 2. The quantitative estimate of drug-likeness (QED) is 0.550. The van der Waals surface area contributed by atoms with E-state index in [1.807, 2.05) is 6.92 Å². The summed E-state index contributed by atoms with van der Waals surface area (Å²) in [6.07, 6.45) is -7.12. The van der Waals surface area contributed by atoms with Crippen LogP contribution in [0.2, 0.25) is 0 Å². The molecule has 2 atom stereocenters. The molecular weight excluding hydrogens is 508 g/mol. The van der Waals surface area contributed by atoms with Gasteiger partial charge in [-0.15, -0.1) is 11.3 Å². The maximum Gasteiger partial charge on any atom is 0.490 e. The van der Waals surface area contributed by atoms with Crippen LogP contribution in [-0.4, -0.2) is 80.4 Å². The van der Waals surface area contributed by atoms with Crippen molar-refractivity contribution in [2.45, 2.75) is 71.0 Å². The normalized spacial score (nSPS) is 20.2. The third-order valence-electron chi connectivity index (χ3n) is 5.21. The number of thiazole rings is 1. The number of aromatic nitrogens is 1. The third kappa shape index (κ3) is 9.99. The second-order valence-electron chi connectivity index (χ2n) is 8.33. The Balaban J connectivity index is 0.000000362. The van der Waals surface area contributed by atoms with Crippen molar-refractivity contribution in [1.29, 1.82) is 0 Å². The van der Waals surface area contributed by atoms with Gasteiger partial charge in [0.05, 0.1) is 17.2 Å². The number of fused-ring (bicyclic) bond motifs is 1. The van der Waals surface area contributed by atoms with Crippen LogP contribution in [0.25, 0.3) is 0 Å². The molecule has 0 aliphatic carbocycles. The number of hydrogen-bond donors (Lipinski definition) is 2.